The van der Waals surface area contributed by atoms with E-state index in [9.17, 15) is 16.8 Å². The van der Waals surface area contributed by atoms with Crippen LogP contribution in [0, 0.1) is 0 Å². The van der Waals surface area contributed by atoms with Crippen molar-refractivity contribution in [2.75, 3.05) is 31.1 Å². The third-order valence-corrected chi connectivity index (χ3v) is 8.84. The molecule has 4 rings (SSSR count). The molecule has 0 spiro atoms. The molecule has 30 heavy (non-hydrogen) atoms. The number of benzene rings is 1. The van der Waals surface area contributed by atoms with Gasteiger partial charge in [0.2, 0.25) is 15.8 Å². The first-order valence-corrected chi connectivity index (χ1v) is 12.7. The smallest absolute Gasteiger partial charge is 0.240 e. The van der Waals surface area contributed by atoms with Crippen molar-refractivity contribution in [1.29, 1.82) is 0 Å². The van der Waals surface area contributed by atoms with E-state index in [0.717, 1.165) is 12.8 Å². The van der Waals surface area contributed by atoms with Crippen molar-refractivity contribution in [2.45, 2.75) is 40.3 Å². The maximum Gasteiger partial charge on any atom is 0.240 e. The van der Waals surface area contributed by atoms with Crippen LogP contribution in [-0.4, -0.2) is 74.9 Å². The molecule has 3 heterocycles. The Bertz CT molecular complexity index is 1130. The van der Waals surface area contributed by atoms with Gasteiger partial charge in [0.1, 0.15) is 4.90 Å². The number of hydrogen-bond donors (Lipinski definition) is 4. The van der Waals surface area contributed by atoms with E-state index >= 15 is 0 Å². The molecule has 6 N–H and O–H groups in total. The molecule has 0 radical (unpaired) electrons. The third-order valence-electron chi connectivity index (χ3n) is 5.56. The lowest BCUT2D eigenvalue weighted by atomic mass is 10.1. The van der Waals surface area contributed by atoms with Gasteiger partial charge in [-0.05, 0) is 36.6 Å². The highest BCUT2D eigenvalue weighted by Crippen LogP contribution is 2.40. The molecule has 0 amide bonds. The molecule has 2 aliphatic heterocycles. The topological polar surface area (TPSA) is 190 Å². The van der Waals surface area contributed by atoms with Crippen LogP contribution in [0.5, 0.6) is 0 Å². The zero-order valence-electron chi connectivity index (χ0n) is 16.2. The quantitative estimate of drug-likeness (QED) is 0.415. The minimum Gasteiger partial charge on any atom is -0.371 e. The maximum absolute atomic E-state index is 13.1. The van der Waals surface area contributed by atoms with E-state index < -0.39 is 30.0 Å². The first-order chi connectivity index (χ1) is 14.2. The number of hydrogen-bond acceptors (Lipinski definition) is 10. The second-order valence-corrected chi connectivity index (χ2v) is 11.3. The van der Waals surface area contributed by atoms with E-state index in [2.05, 4.69) is 25.9 Å². The van der Waals surface area contributed by atoms with Crippen molar-refractivity contribution in [3.8, 4) is 11.4 Å². The monoisotopic (exact) mass is 456 g/mol. The van der Waals surface area contributed by atoms with E-state index in [1.807, 2.05) is 4.90 Å². The average molecular weight is 457 g/mol. The van der Waals surface area contributed by atoms with Gasteiger partial charge in [0.25, 0.3) is 0 Å². The minimum absolute atomic E-state index is 0.0358. The van der Waals surface area contributed by atoms with Crippen LogP contribution < -0.4 is 21.1 Å². The maximum atomic E-state index is 13.1. The SMILES string of the molecule is NC1CCCN(c2ccc(S(=O)(=O)C3CNC3)c(S(N)(=O)=O)c2-c2nn[nH]n2)CC1. The predicted octanol–water partition coefficient (Wildman–Crippen LogP) is -1.42. The summed E-state index contributed by atoms with van der Waals surface area (Å²) in [6, 6.07) is 2.96. The largest absolute Gasteiger partial charge is 0.371 e. The summed E-state index contributed by atoms with van der Waals surface area (Å²) in [7, 11) is -8.38. The molecule has 2 aromatic rings. The number of H-pyrrole nitrogens is 1. The highest BCUT2D eigenvalue weighted by Gasteiger charge is 2.39. The molecule has 14 heteroatoms. The van der Waals surface area contributed by atoms with E-state index in [1.54, 1.807) is 6.07 Å². The number of rotatable bonds is 5. The Balaban J connectivity index is 1.97. The van der Waals surface area contributed by atoms with Crippen LogP contribution in [0.15, 0.2) is 21.9 Å². The Morgan fingerprint density at radius 2 is 1.87 bits per heavy atom. The van der Waals surface area contributed by atoms with Crippen LogP contribution in [0.2, 0.25) is 0 Å². The van der Waals surface area contributed by atoms with Crippen molar-refractivity contribution >= 4 is 25.5 Å². The average Bonchev–Trinajstić information content (AvgIpc) is 3.06. The molecular weight excluding hydrogens is 432 g/mol. The molecule has 2 aliphatic rings. The number of anilines is 1. The summed E-state index contributed by atoms with van der Waals surface area (Å²) in [5, 5.41) is 21.4. The Kier molecular flexibility index (Phi) is 5.52. The number of sulfone groups is 1. The van der Waals surface area contributed by atoms with Gasteiger partial charge >= 0.3 is 0 Å². The molecule has 0 aliphatic carbocycles. The molecule has 2 saturated heterocycles. The summed E-state index contributed by atoms with van der Waals surface area (Å²) in [5.74, 6) is -0.0358. The first-order valence-electron chi connectivity index (χ1n) is 9.58. The van der Waals surface area contributed by atoms with E-state index in [-0.39, 0.29) is 35.4 Å². The summed E-state index contributed by atoms with van der Waals surface area (Å²) < 4.78 is 51.6. The van der Waals surface area contributed by atoms with Crippen molar-refractivity contribution in [1.82, 2.24) is 25.9 Å². The summed E-state index contributed by atoms with van der Waals surface area (Å²) in [6.45, 7) is 1.70. The molecule has 1 unspecified atom stereocenters. The molecule has 0 bridgehead atoms. The number of aromatic amines is 1. The molecule has 164 valence electrons. The fourth-order valence-corrected chi connectivity index (χ4v) is 7.01. The number of nitrogens with zero attached hydrogens (tertiary/aromatic N) is 4. The van der Waals surface area contributed by atoms with Crippen LogP contribution in [0.4, 0.5) is 5.69 Å². The number of tetrazole rings is 1. The molecule has 1 aromatic heterocycles. The lowest BCUT2D eigenvalue weighted by Gasteiger charge is -2.30. The molecule has 1 aromatic carbocycles. The number of nitrogens with two attached hydrogens (primary N) is 2. The van der Waals surface area contributed by atoms with Gasteiger partial charge in [0.05, 0.1) is 15.7 Å². The standard InChI is InChI=1S/C16H24N8O4S2/c17-10-2-1-6-24(7-5-10)12-3-4-13(29(25,26)11-8-19-9-11)15(30(18,27)28)14(12)16-20-22-23-21-16/h3-4,10-11,19H,1-2,5-9,17H2,(H2,18,27,28)(H,20,21,22,23). The third kappa shape index (κ3) is 3.80. The Morgan fingerprint density at radius 3 is 2.47 bits per heavy atom. The van der Waals surface area contributed by atoms with Gasteiger partial charge in [0.15, 0.2) is 9.84 Å². The molecule has 1 atom stereocenters. The summed E-state index contributed by atoms with van der Waals surface area (Å²) >= 11 is 0. The number of sulfonamides is 1. The predicted molar refractivity (Wildman–Crippen MR) is 109 cm³/mol. The van der Waals surface area contributed by atoms with Gasteiger partial charge < -0.3 is 16.0 Å². The van der Waals surface area contributed by atoms with Crippen LogP contribution >= 0.6 is 0 Å². The highest BCUT2D eigenvalue weighted by molar-refractivity contribution is 7.94. The van der Waals surface area contributed by atoms with Gasteiger partial charge in [-0.15, -0.1) is 10.2 Å². The van der Waals surface area contributed by atoms with Crippen molar-refractivity contribution in [3.63, 3.8) is 0 Å². The highest BCUT2D eigenvalue weighted by atomic mass is 32.2. The summed E-state index contributed by atoms with van der Waals surface area (Å²) in [6.07, 6.45) is 2.37. The summed E-state index contributed by atoms with van der Waals surface area (Å²) in [5.41, 5.74) is 6.60. The van der Waals surface area contributed by atoms with E-state index in [0.29, 0.717) is 25.2 Å². The van der Waals surface area contributed by atoms with Crippen LogP contribution in [0.3, 0.4) is 0 Å². The summed E-state index contributed by atoms with van der Waals surface area (Å²) in [4.78, 5) is 1.13. The fraction of sp³-hybridized carbons (Fsp3) is 0.562. The molecule has 0 saturated carbocycles. The fourth-order valence-electron chi connectivity index (χ4n) is 3.83. The second-order valence-electron chi connectivity index (χ2n) is 7.57. The van der Waals surface area contributed by atoms with Crippen LogP contribution in [0.25, 0.3) is 11.4 Å². The van der Waals surface area contributed by atoms with Crippen molar-refractivity contribution < 1.29 is 16.8 Å². The Labute approximate surface area is 174 Å². The number of nitrogens with one attached hydrogen (secondary N) is 2. The van der Waals surface area contributed by atoms with Crippen molar-refractivity contribution in [2.24, 2.45) is 10.9 Å². The van der Waals surface area contributed by atoms with Crippen LogP contribution in [0.1, 0.15) is 19.3 Å². The van der Waals surface area contributed by atoms with Gasteiger partial charge in [0, 0.05) is 37.9 Å². The lowest BCUT2D eigenvalue weighted by molar-refractivity contribution is 0.493. The zero-order valence-corrected chi connectivity index (χ0v) is 17.8. The van der Waals surface area contributed by atoms with Gasteiger partial charge in [-0.3, -0.25) is 0 Å². The minimum atomic E-state index is -4.44. The number of aromatic nitrogens is 4. The Hall–Kier alpha value is -2.13. The lowest BCUT2D eigenvalue weighted by Crippen LogP contribution is -2.51. The van der Waals surface area contributed by atoms with Gasteiger partial charge in [-0.1, -0.05) is 0 Å². The van der Waals surface area contributed by atoms with Crippen LogP contribution in [-0.2, 0) is 19.9 Å². The molecule has 2 fully saturated rings. The first kappa shape index (κ1) is 21.1. The second kappa shape index (κ2) is 7.85. The normalized spacial score (nSPS) is 21.3. The zero-order chi connectivity index (χ0) is 21.5. The van der Waals surface area contributed by atoms with Crippen molar-refractivity contribution in [3.05, 3.63) is 12.1 Å². The Morgan fingerprint density at radius 1 is 1.10 bits per heavy atom. The van der Waals surface area contributed by atoms with Gasteiger partial charge in [-0.2, -0.15) is 5.21 Å². The van der Waals surface area contributed by atoms with E-state index in [1.165, 1.54) is 6.07 Å². The number of primary sulfonamides is 1. The molecular formula is C16H24N8O4S2. The molecule has 12 nitrogen and oxygen atoms in total. The van der Waals surface area contributed by atoms with E-state index in [4.69, 9.17) is 10.9 Å². The van der Waals surface area contributed by atoms with Gasteiger partial charge in [-0.25, -0.2) is 22.0 Å².